The average Bonchev–Trinajstić information content (AvgIpc) is 2.38. The number of nitrogens with zero attached hydrogens (tertiary/aromatic N) is 1. The predicted molar refractivity (Wildman–Crippen MR) is 82.8 cm³/mol. The third-order valence-corrected chi connectivity index (χ3v) is 5.99. The molecule has 6 heteroatoms. The van der Waals surface area contributed by atoms with Crippen molar-refractivity contribution in [3.63, 3.8) is 0 Å². The van der Waals surface area contributed by atoms with E-state index in [0.717, 1.165) is 5.56 Å². The lowest BCUT2D eigenvalue weighted by Gasteiger charge is -2.32. The first kappa shape index (κ1) is 16.0. The van der Waals surface area contributed by atoms with Crippen molar-refractivity contribution in [1.82, 2.24) is 4.31 Å². The van der Waals surface area contributed by atoms with Crippen molar-refractivity contribution in [2.75, 3.05) is 18.4 Å². The van der Waals surface area contributed by atoms with E-state index in [4.69, 9.17) is 0 Å². The molecule has 1 N–H and O–H groups in total. The first-order valence-electron chi connectivity index (χ1n) is 7.17. The Kier molecular flexibility index (Phi) is 4.13. The first-order valence-corrected chi connectivity index (χ1v) is 8.61. The normalized spacial score (nSPS) is 17.5. The smallest absolute Gasteiger partial charge is 0.243 e. The SMILES string of the molecule is CCN(CC)S(=O)(=O)c1ccc2c(c1)C(C)(C)CC(=O)N2. The Bertz CT molecular complexity index is 661. The Hall–Kier alpha value is -1.40. The van der Waals surface area contributed by atoms with E-state index < -0.39 is 10.0 Å². The Morgan fingerprint density at radius 3 is 2.43 bits per heavy atom. The maximum atomic E-state index is 12.6. The van der Waals surface area contributed by atoms with E-state index in [0.29, 0.717) is 25.2 Å². The fourth-order valence-electron chi connectivity index (χ4n) is 2.76. The number of hydrogen-bond acceptors (Lipinski definition) is 3. The number of amides is 1. The zero-order valence-corrected chi connectivity index (χ0v) is 13.8. The molecule has 1 aliphatic rings. The van der Waals surface area contributed by atoms with Gasteiger partial charge in [-0.1, -0.05) is 27.7 Å². The van der Waals surface area contributed by atoms with Crippen molar-refractivity contribution in [3.05, 3.63) is 23.8 Å². The van der Waals surface area contributed by atoms with Gasteiger partial charge in [-0.2, -0.15) is 4.31 Å². The molecule has 0 aromatic heterocycles. The molecule has 0 unspecified atom stereocenters. The highest BCUT2D eigenvalue weighted by Crippen LogP contribution is 2.38. The monoisotopic (exact) mass is 310 g/mol. The quantitative estimate of drug-likeness (QED) is 0.928. The van der Waals surface area contributed by atoms with E-state index in [1.165, 1.54) is 4.31 Å². The molecule has 1 heterocycles. The summed E-state index contributed by atoms with van der Waals surface area (Å²) in [5.74, 6) is -0.0353. The van der Waals surface area contributed by atoms with Crippen LogP contribution >= 0.6 is 0 Å². The molecule has 1 amide bonds. The first-order chi connectivity index (χ1) is 9.72. The minimum Gasteiger partial charge on any atom is -0.326 e. The van der Waals surface area contributed by atoms with Crippen LogP contribution < -0.4 is 5.32 Å². The van der Waals surface area contributed by atoms with Gasteiger partial charge in [0.1, 0.15) is 0 Å². The molecule has 5 nitrogen and oxygen atoms in total. The highest BCUT2D eigenvalue weighted by atomic mass is 32.2. The van der Waals surface area contributed by atoms with Crippen LogP contribution in [0.4, 0.5) is 5.69 Å². The van der Waals surface area contributed by atoms with Gasteiger partial charge in [-0.15, -0.1) is 0 Å². The fourth-order valence-corrected chi connectivity index (χ4v) is 4.24. The zero-order valence-electron chi connectivity index (χ0n) is 12.9. The Balaban J connectivity index is 2.54. The molecule has 116 valence electrons. The molecule has 0 fully saturated rings. The summed E-state index contributed by atoms with van der Waals surface area (Å²) in [5, 5.41) is 2.80. The van der Waals surface area contributed by atoms with Gasteiger partial charge in [0, 0.05) is 30.6 Å². The summed E-state index contributed by atoms with van der Waals surface area (Å²) in [6.45, 7) is 8.44. The van der Waals surface area contributed by atoms with Crippen LogP contribution in [0.3, 0.4) is 0 Å². The molecule has 0 aliphatic carbocycles. The van der Waals surface area contributed by atoms with Crippen LogP contribution in [-0.4, -0.2) is 31.7 Å². The zero-order chi connectivity index (χ0) is 15.8. The van der Waals surface area contributed by atoms with Crippen LogP contribution in [0.1, 0.15) is 39.7 Å². The number of hydrogen-bond donors (Lipinski definition) is 1. The summed E-state index contributed by atoms with van der Waals surface area (Å²) >= 11 is 0. The second-order valence-electron chi connectivity index (χ2n) is 5.91. The van der Waals surface area contributed by atoms with Crippen molar-refractivity contribution in [1.29, 1.82) is 0 Å². The van der Waals surface area contributed by atoms with Crippen molar-refractivity contribution >= 4 is 21.6 Å². The van der Waals surface area contributed by atoms with Gasteiger partial charge in [0.2, 0.25) is 15.9 Å². The lowest BCUT2D eigenvalue weighted by Crippen LogP contribution is -2.34. The molecular formula is C15H22N2O3S. The van der Waals surface area contributed by atoms with E-state index in [9.17, 15) is 13.2 Å². The number of carbonyl (C=O) groups excluding carboxylic acids is 1. The number of carbonyl (C=O) groups is 1. The second-order valence-corrected chi connectivity index (χ2v) is 7.84. The number of rotatable bonds is 4. The number of benzene rings is 1. The minimum atomic E-state index is -3.48. The van der Waals surface area contributed by atoms with Crippen molar-refractivity contribution in [2.24, 2.45) is 0 Å². The number of sulfonamides is 1. The second kappa shape index (κ2) is 5.42. The van der Waals surface area contributed by atoms with Gasteiger partial charge in [0.15, 0.2) is 0 Å². The van der Waals surface area contributed by atoms with Gasteiger partial charge in [0.25, 0.3) is 0 Å². The van der Waals surface area contributed by atoms with Crippen molar-refractivity contribution in [3.8, 4) is 0 Å². The lowest BCUT2D eigenvalue weighted by molar-refractivity contribution is -0.117. The van der Waals surface area contributed by atoms with Crippen LogP contribution in [0.5, 0.6) is 0 Å². The molecule has 0 saturated carbocycles. The molecule has 21 heavy (non-hydrogen) atoms. The largest absolute Gasteiger partial charge is 0.326 e. The third-order valence-electron chi connectivity index (χ3n) is 3.94. The number of fused-ring (bicyclic) bond motifs is 1. The molecule has 0 saturated heterocycles. The highest BCUT2D eigenvalue weighted by molar-refractivity contribution is 7.89. The van der Waals surface area contributed by atoms with Gasteiger partial charge in [-0.3, -0.25) is 4.79 Å². The van der Waals surface area contributed by atoms with E-state index in [-0.39, 0.29) is 16.2 Å². The van der Waals surface area contributed by atoms with E-state index in [1.807, 2.05) is 27.7 Å². The van der Waals surface area contributed by atoms with Crippen LogP contribution in [0.25, 0.3) is 0 Å². The summed E-state index contributed by atoms with van der Waals surface area (Å²) in [5.41, 5.74) is 1.21. The van der Waals surface area contributed by atoms with Gasteiger partial charge >= 0.3 is 0 Å². The highest BCUT2D eigenvalue weighted by Gasteiger charge is 2.33. The summed E-state index contributed by atoms with van der Waals surface area (Å²) in [6.07, 6.45) is 0.356. The van der Waals surface area contributed by atoms with E-state index >= 15 is 0 Å². The van der Waals surface area contributed by atoms with Crippen LogP contribution in [-0.2, 0) is 20.2 Å². The lowest BCUT2D eigenvalue weighted by atomic mass is 9.78. The van der Waals surface area contributed by atoms with Crippen LogP contribution in [0.15, 0.2) is 23.1 Å². The van der Waals surface area contributed by atoms with Gasteiger partial charge < -0.3 is 5.32 Å². The van der Waals surface area contributed by atoms with Crippen molar-refractivity contribution in [2.45, 2.75) is 44.4 Å². The summed E-state index contributed by atoms with van der Waals surface area (Å²) in [7, 11) is -3.48. The fraction of sp³-hybridized carbons (Fsp3) is 0.533. The molecule has 2 rings (SSSR count). The molecule has 0 radical (unpaired) electrons. The minimum absolute atomic E-state index is 0.0353. The van der Waals surface area contributed by atoms with Crippen molar-refractivity contribution < 1.29 is 13.2 Å². The predicted octanol–water partition coefficient (Wildman–Crippen LogP) is 2.34. The molecule has 0 spiro atoms. The average molecular weight is 310 g/mol. The third kappa shape index (κ3) is 2.82. The van der Waals surface area contributed by atoms with Gasteiger partial charge in [-0.25, -0.2) is 8.42 Å². The van der Waals surface area contributed by atoms with Gasteiger partial charge in [-0.05, 0) is 23.8 Å². The maximum absolute atomic E-state index is 12.6. The molecule has 1 aliphatic heterocycles. The van der Waals surface area contributed by atoms with Gasteiger partial charge in [0.05, 0.1) is 4.90 Å². The van der Waals surface area contributed by atoms with Crippen LogP contribution in [0, 0.1) is 0 Å². The molecule has 1 aromatic carbocycles. The molecular weight excluding hydrogens is 288 g/mol. The standard InChI is InChI=1S/C15H22N2O3S/c1-5-17(6-2)21(19,20)11-7-8-13-12(9-11)15(3,4)10-14(18)16-13/h7-9H,5-6,10H2,1-4H3,(H,16,18). The summed E-state index contributed by atoms with van der Waals surface area (Å²) < 4.78 is 26.6. The summed E-state index contributed by atoms with van der Waals surface area (Å²) in [4.78, 5) is 12.0. The molecule has 0 bridgehead atoms. The van der Waals surface area contributed by atoms with Crippen LogP contribution in [0.2, 0.25) is 0 Å². The number of nitrogens with one attached hydrogen (secondary N) is 1. The molecule has 0 atom stereocenters. The summed E-state index contributed by atoms with van der Waals surface area (Å²) in [6, 6.07) is 4.95. The molecule has 1 aromatic rings. The van der Waals surface area contributed by atoms with E-state index in [2.05, 4.69) is 5.32 Å². The Labute approximate surface area is 126 Å². The number of anilines is 1. The maximum Gasteiger partial charge on any atom is 0.243 e. The Morgan fingerprint density at radius 1 is 1.24 bits per heavy atom. The Morgan fingerprint density at radius 2 is 1.86 bits per heavy atom. The topological polar surface area (TPSA) is 66.5 Å². The van der Waals surface area contributed by atoms with E-state index in [1.54, 1.807) is 18.2 Å².